The number of benzene rings is 1. The second-order valence-electron chi connectivity index (χ2n) is 5.08. The van der Waals surface area contributed by atoms with E-state index in [1.54, 1.807) is 0 Å². The molecule has 0 aliphatic carbocycles. The summed E-state index contributed by atoms with van der Waals surface area (Å²) in [4.78, 5) is 10.5. The number of aldehydes is 1. The lowest BCUT2D eigenvalue weighted by Crippen LogP contribution is -2.40. The third kappa shape index (κ3) is 3.95. The molecule has 2 N–H and O–H groups in total. The molecule has 0 amide bonds. The molecule has 1 atom stereocenters. The van der Waals surface area contributed by atoms with Gasteiger partial charge in [-0.15, -0.1) is 6.58 Å². The molecule has 0 heterocycles. The molecule has 17 heavy (non-hydrogen) atoms. The van der Waals surface area contributed by atoms with Crippen LogP contribution in [0.2, 0.25) is 19.1 Å². The van der Waals surface area contributed by atoms with Crippen molar-refractivity contribution in [2.24, 2.45) is 5.73 Å². The Morgan fingerprint density at radius 2 is 1.94 bits per heavy atom. The molecular formula is C14H21NOSi. The molecule has 1 aromatic rings. The molecule has 0 bridgehead atoms. The van der Waals surface area contributed by atoms with Gasteiger partial charge in [0.25, 0.3) is 0 Å². The van der Waals surface area contributed by atoms with E-state index in [0.29, 0.717) is 6.42 Å². The lowest BCUT2D eigenvalue weighted by Gasteiger charge is -2.21. The van der Waals surface area contributed by atoms with Crippen LogP contribution in [0.4, 0.5) is 0 Å². The molecule has 92 valence electrons. The first-order chi connectivity index (χ1) is 7.99. The van der Waals surface area contributed by atoms with E-state index >= 15 is 0 Å². The third-order valence-corrected chi connectivity index (χ3v) is 6.24. The van der Waals surface area contributed by atoms with Crippen molar-refractivity contribution in [3.05, 3.63) is 42.5 Å². The minimum absolute atomic E-state index is 0.390. The molecule has 2 nitrogen and oxygen atoms in total. The molecule has 0 saturated heterocycles. The molecule has 0 aromatic heterocycles. The van der Waals surface area contributed by atoms with Crippen molar-refractivity contribution >= 4 is 19.5 Å². The molecule has 1 unspecified atom stereocenters. The number of nitrogens with two attached hydrogens (primary N) is 1. The molecule has 1 aromatic carbocycles. The fourth-order valence-electron chi connectivity index (χ4n) is 1.89. The quantitative estimate of drug-likeness (QED) is 0.474. The van der Waals surface area contributed by atoms with E-state index in [-0.39, 0.29) is 6.04 Å². The van der Waals surface area contributed by atoms with E-state index < -0.39 is 8.07 Å². The van der Waals surface area contributed by atoms with Crippen LogP contribution in [-0.2, 0) is 11.2 Å². The SMILES string of the molecule is C=CC[Si](C)(C)c1ccc(CC(N)C=O)cc1. The Labute approximate surface area is 105 Å². The molecule has 0 radical (unpaired) electrons. The highest BCUT2D eigenvalue weighted by molar-refractivity contribution is 6.90. The highest BCUT2D eigenvalue weighted by Crippen LogP contribution is 2.11. The molecular weight excluding hydrogens is 226 g/mol. The monoisotopic (exact) mass is 247 g/mol. The molecule has 0 aliphatic heterocycles. The van der Waals surface area contributed by atoms with Crippen LogP contribution < -0.4 is 10.9 Å². The van der Waals surface area contributed by atoms with Crippen LogP contribution in [0.3, 0.4) is 0 Å². The summed E-state index contributed by atoms with van der Waals surface area (Å²) in [7, 11) is -1.37. The molecule has 3 heteroatoms. The number of rotatable bonds is 6. The number of carbonyl (C=O) groups is 1. The first kappa shape index (κ1) is 13.9. The maximum Gasteiger partial charge on any atom is 0.137 e. The number of hydrogen-bond donors (Lipinski definition) is 1. The van der Waals surface area contributed by atoms with Gasteiger partial charge in [0.05, 0.1) is 14.1 Å². The Bertz CT molecular complexity index is 384. The summed E-state index contributed by atoms with van der Waals surface area (Å²) in [5.74, 6) is 0. The normalized spacial score (nSPS) is 13.1. The highest BCUT2D eigenvalue weighted by atomic mass is 28.3. The third-order valence-electron chi connectivity index (χ3n) is 3.04. The number of hydrogen-bond acceptors (Lipinski definition) is 2. The van der Waals surface area contributed by atoms with Crippen LogP contribution in [0.25, 0.3) is 0 Å². The van der Waals surface area contributed by atoms with Crippen molar-refractivity contribution in [1.82, 2.24) is 0 Å². The zero-order chi connectivity index (χ0) is 12.9. The van der Waals surface area contributed by atoms with Gasteiger partial charge in [0, 0.05) is 0 Å². The van der Waals surface area contributed by atoms with Crippen molar-refractivity contribution in [3.8, 4) is 0 Å². The van der Waals surface area contributed by atoms with Gasteiger partial charge in [0.2, 0.25) is 0 Å². The zero-order valence-corrected chi connectivity index (χ0v) is 11.6. The predicted octanol–water partition coefficient (Wildman–Crippen LogP) is 1.86. The first-order valence-electron chi connectivity index (χ1n) is 5.91. The van der Waals surface area contributed by atoms with Gasteiger partial charge in [-0.05, 0) is 18.0 Å². The summed E-state index contributed by atoms with van der Waals surface area (Å²) in [6.07, 6.45) is 3.42. The zero-order valence-electron chi connectivity index (χ0n) is 10.6. The van der Waals surface area contributed by atoms with Crippen molar-refractivity contribution < 1.29 is 4.79 Å². The fraction of sp³-hybridized carbons (Fsp3) is 0.357. The Hall–Kier alpha value is -1.19. The van der Waals surface area contributed by atoms with Gasteiger partial charge in [-0.1, -0.05) is 48.6 Å². The first-order valence-corrected chi connectivity index (χ1v) is 9.11. The van der Waals surface area contributed by atoms with E-state index in [0.717, 1.165) is 17.9 Å². The molecule has 0 aliphatic rings. The van der Waals surface area contributed by atoms with E-state index in [2.05, 4.69) is 43.9 Å². The van der Waals surface area contributed by atoms with Gasteiger partial charge in [-0.25, -0.2) is 0 Å². The summed E-state index contributed by atoms with van der Waals surface area (Å²) in [5.41, 5.74) is 6.73. The summed E-state index contributed by atoms with van der Waals surface area (Å²) < 4.78 is 0. The van der Waals surface area contributed by atoms with Crippen LogP contribution in [0, 0.1) is 0 Å². The van der Waals surface area contributed by atoms with E-state index in [1.165, 1.54) is 5.19 Å². The van der Waals surface area contributed by atoms with E-state index in [1.807, 2.05) is 6.08 Å². The second-order valence-corrected chi connectivity index (χ2v) is 9.83. The van der Waals surface area contributed by atoms with Crippen molar-refractivity contribution in [2.75, 3.05) is 0 Å². The molecule has 0 fully saturated rings. The summed E-state index contributed by atoms with van der Waals surface area (Å²) >= 11 is 0. The van der Waals surface area contributed by atoms with Crippen molar-refractivity contribution in [3.63, 3.8) is 0 Å². The smallest absolute Gasteiger partial charge is 0.137 e. The van der Waals surface area contributed by atoms with E-state index in [9.17, 15) is 4.79 Å². The maximum atomic E-state index is 10.5. The van der Waals surface area contributed by atoms with Gasteiger partial charge in [0.1, 0.15) is 6.29 Å². The molecule has 0 spiro atoms. The number of carbonyl (C=O) groups excluding carboxylic acids is 1. The van der Waals surface area contributed by atoms with E-state index in [4.69, 9.17) is 5.73 Å². The van der Waals surface area contributed by atoms with Gasteiger partial charge in [-0.3, -0.25) is 0 Å². The maximum absolute atomic E-state index is 10.5. The molecule has 1 rings (SSSR count). The largest absolute Gasteiger partial charge is 0.321 e. The minimum atomic E-state index is -1.37. The fourth-order valence-corrected chi connectivity index (χ4v) is 3.92. The Morgan fingerprint density at radius 3 is 2.41 bits per heavy atom. The topological polar surface area (TPSA) is 43.1 Å². The Kier molecular flexibility index (Phi) is 4.84. The summed E-state index contributed by atoms with van der Waals surface area (Å²) in [6.45, 7) is 8.49. The highest BCUT2D eigenvalue weighted by Gasteiger charge is 2.21. The van der Waals surface area contributed by atoms with Crippen LogP contribution in [0.15, 0.2) is 36.9 Å². The van der Waals surface area contributed by atoms with Gasteiger partial charge in [0.15, 0.2) is 0 Å². The predicted molar refractivity (Wildman–Crippen MR) is 76.3 cm³/mol. The summed E-state index contributed by atoms with van der Waals surface area (Å²) in [5, 5.41) is 1.42. The summed E-state index contributed by atoms with van der Waals surface area (Å²) in [6, 6.07) is 9.19. The van der Waals surface area contributed by atoms with Crippen LogP contribution in [-0.4, -0.2) is 20.4 Å². The Balaban J connectivity index is 2.80. The molecule has 0 saturated carbocycles. The van der Waals surface area contributed by atoms with Crippen LogP contribution >= 0.6 is 0 Å². The minimum Gasteiger partial charge on any atom is -0.321 e. The average Bonchev–Trinajstić information content (AvgIpc) is 2.29. The standard InChI is InChI=1S/C14H21NOSi/c1-4-9-17(2,3)14-7-5-12(6-8-14)10-13(15)11-16/h4-8,11,13H,1,9-10,15H2,2-3H3. The lowest BCUT2D eigenvalue weighted by atomic mass is 10.1. The number of allylic oxidation sites excluding steroid dienone is 1. The van der Waals surface area contributed by atoms with Gasteiger partial charge < -0.3 is 10.5 Å². The average molecular weight is 247 g/mol. The lowest BCUT2D eigenvalue weighted by molar-refractivity contribution is -0.108. The van der Waals surface area contributed by atoms with Crippen molar-refractivity contribution in [1.29, 1.82) is 0 Å². The van der Waals surface area contributed by atoms with Crippen LogP contribution in [0.1, 0.15) is 5.56 Å². The van der Waals surface area contributed by atoms with Crippen molar-refractivity contribution in [2.45, 2.75) is 31.6 Å². The Morgan fingerprint density at radius 1 is 1.35 bits per heavy atom. The van der Waals surface area contributed by atoms with Gasteiger partial charge >= 0.3 is 0 Å². The van der Waals surface area contributed by atoms with Crippen LogP contribution in [0.5, 0.6) is 0 Å². The van der Waals surface area contributed by atoms with Gasteiger partial charge in [-0.2, -0.15) is 0 Å². The second kappa shape index (κ2) is 5.94.